The number of carbonyl (C=O) groups is 2. The van der Waals surface area contributed by atoms with Gasteiger partial charge in [0.2, 0.25) is 5.91 Å². The largest absolute Gasteiger partial charge is 0.394 e. The number of fused-ring (bicyclic) bond motifs is 1. The summed E-state index contributed by atoms with van der Waals surface area (Å²) < 4.78 is 0. The molecule has 28 heavy (non-hydrogen) atoms. The number of amides is 2. The van der Waals surface area contributed by atoms with Crippen molar-refractivity contribution in [1.29, 1.82) is 0 Å². The lowest BCUT2D eigenvalue weighted by atomic mass is 9.73. The lowest BCUT2D eigenvalue weighted by Gasteiger charge is -2.58. The lowest BCUT2D eigenvalue weighted by Crippen LogP contribution is -2.73. The Labute approximate surface area is 163 Å². The first-order valence-electron chi connectivity index (χ1n) is 9.34. The van der Waals surface area contributed by atoms with E-state index in [1.165, 1.54) is 23.5 Å². The van der Waals surface area contributed by atoms with Crippen LogP contribution < -0.4 is 0 Å². The van der Waals surface area contributed by atoms with Gasteiger partial charge in [-0.15, -0.1) is 0 Å². The summed E-state index contributed by atoms with van der Waals surface area (Å²) in [6, 6.07) is 7.73. The van der Waals surface area contributed by atoms with E-state index >= 15 is 0 Å². The molecule has 2 aliphatic heterocycles. The number of aromatic nitrogens is 2. The molecule has 7 heteroatoms. The minimum Gasteiger partial charge on any atom is -0.394 e. The molecule has 1 N–H and O–H groups in total. The molecular weight excluding hydrogens is 356 g/mol. The summed E-state index contributed by atoms with van der Waals surface area (Å²) in [6.07, 6.45) is 8.38. The van der Waals surface area contributed by atoms with Gasteiger partial charge < -0.3 is 14.9 Å². The maximum absolute atomic E-state index is 12.7. The Bertz CT molecular complexity index is 898. The molecule has 4 rings (SSSR count). The molecule has 7 nitrogen and oxygen atoms in total. The fourth-order valence-electron chi connectivity index (χ4n) is 4.25. The summed E-state index contributed by atoms with van der Waals surface area (Å²) in [6.45, 7) is 2.28. The third-order valence-corrected chi connectivity index (χ3v) is 5.50. The Balaban J connectivity index is 1.58. The zero-order chi connectivity index (χ0) is 19.7. The quantitative estimate of drug-likeness (QED) is 0.867. The van der Waals surface area contributed by atoms with Gasteiger partial charge in [-0.2, -0.15) is 0 Å². The average molecular weight is 378 g/mol. The average Bonchev–Trinajstić information content (AvgIpc) is 2.71. The number of hydrogen-bond acceptors (Lipinski definition) is 5. The molecule has 0 unspecified atom stereocenters. The fraction of sp³-hybridized carbons (Fsp3) is 0.333. The SMILES string of the molecule is C/C=C/c1ccc([C@@H]2[C@@H](CO)N3C(=O)CN(C(=O)c4cnccn4)C[C@H]23)cc1. The first kappa shape index (κ1) is 18.3. The van der Waals surface area contributed by atoms with E-state index in [2.05, 4.69) is 9.97 Å². The molecule has 2 saturated heterocycles. The summed E-state index contributed by atoms with van der Waals surface area (Å²) in [7, 11) is 0. The highest BCUT2D eigenvalue weighted by molar-refractivity contribution is 5.96. The minimum atomic E-state index is -0.296. The number of nitrogens with zero attached hydrogens (tertiary/aromatic N) is 4. The second-order valence-corrected chi connectivity index (χ2v) is 7.09. The van der Waals surface area contributed by atoms with E-state index in [4.69, 9.17) is 0 Å². The first-order chi connectivity index (χ1) is 13.6. The third kappa shape index (κ3) is 3.07. The van der Waals surface area contributed by atoms with Crippen molar-refractivity contribution in [2.45, 2.75) is 24.9 Å². The molecule has 0 saturated carbocycles. The maximum Gasteiger partial charge on any atom is 0.274 e. The van der Waals surface area contributed by atoms with Crippen LogP contribution in [0.3, 0.4) is 0 Å². The summed E-state index contributed by atoms with van der Waals surface area (Å²) in [5.74, 6) is -0.448. The van der Waals surface area contributed by atoms with Crippen molar-refractivity contribution in [1.82, 2.24) is 19.8 Å². The maximum atomic E-state index is 12.7. The van der Waals surface area contributed by atoms with Crippen LogP contribution in [-0.4, -0.2) is 68.5 Å². The summed E-state index contributed by atoms with van der Waals surface area (Å²) in [5.41, 5.74) is 2.39. The minimum absolute atomic E-state index is 0.00460. The topological polar surface area (TPSA) is 86.6 Å². The zero-order valence-corrected chi connectivity index (χ0v) is 15.6. The van der Waals surface area contributed by atoms with Gasteiger partial charge in [0.15, 0.2) is 0 Å². The van der Waals surface area contributed by atoms with E-state index in [0.717, 1.165) is 11.1 Å². The zero-order valence-electron chi connectivity index (χ0n) is 15.6. The lowest BCUT2D eigenvalue weighted by molar-refractivity contribution is -0.159. The van der Waals surface area contributed by atoms with Crippen molar-refractivity contribution < 1.29 is 14.7 Å². The fourth-order valence-corrected chi connectivity index (χ4v) is 4.25. The summed E-state index contributed by atoms with van der Waals surface area (Å²) in [4.78, 5) is 36.6. The van der Waals surface area contributed by atoms with Crippen molar-refractivity contribution in [3.8, 4) is 0 Å². The van der Waals surface area contributed by atoms with Crippen molar-refractivity contribution in [2.75, 3.05) is 19.7 Å². The van der Waals surface area contributed by atoms with Gasteiger partial charge in [0.05, 0.1) is 24.9 Å². The van der Waals surface area contributed by atoms with Crippen LogP contribution in [0.2, 0.25) is 0 Å². The molecular formula is C21H22N4O3. The molecule has 3 atom stereocenters. The number of aliphatic hydroxyl groups excluding tert-OH is 1. The number of piperazine rings is 1. The highest BCUT2D eigenvalue weighted by Crippen LogP contribution is 2.43. The highest BCUT2D eigenvalue weighted by atomic mass is 16.3. The molecule has 0 aliphatic carbocycles. The number of aliphatic hydroxyl groups is 1. The molecule has 2 aliphatic rings. The van der Waals surface area contributed by atoms with Crippen LogP contribution in [0.25, 0.3) is 6.08 Å². The van der Waals surface area contributed by atoms with Crippen LogP contribution in [0, 0.1) is 0 Å². The van der Waals surface area contributed by atoms with Gasteiger partial charge in [0, 0.05) is 24.9 Å². The second-order valence-electron chi connectivity index (χ2n) is 7.09. The molecule has 3 heterocycles. The summed E-state index contributed by atoms with van der Waals surface area (Å²) in [5, 5.41) is 9.86. The van der Waals surface area contributed by atoms with E-state index in [9.17, 15) is 14.7 Å². The van der Waals surface area contributed by atoms with Gasteiger partial charge >= 0.3 is 0 Å². The van der Waals surface area contributed by atoms with Crippen molar-refractivity contribution in [2.24, 2.45) is 0 Å². The Hall–Kier alpha value is -3.06. The van der Waals surface area contributed by atoms with Crippen LogP contribution in [0.1, 0.15) is 34.5 Å². The molecule has 2 amide bonds. The van der Waals surface area contributed by atoms with Gasteiger partial charge in [-0.1, -0.05) is 36.4 Å². The van der Waals surface area contributed by atoms with Crippen LogP contribution in [0.15, 0.2) is 48.9 Å². The van der Waals surface area contributed by atoms with Crippen molar-refractivity contribution in [3.63, 3.8) is 0 Å². The predicted octanol–water partition coefficient (Wildman–Crippen LogP) is 1.32. The molecule has 1 aromatic heterocycles. The smallest absolute Gasteiger partial charge is 0.274 e. The van der Waals surface area contributed by atoms with Crippen LogP contribution in [-0.2, 0) is 4.79 Å². The standard InChI is InChI=1S/C21H22N4O3/c1-2-3-14-4-6-15(7-5-14)20-17-11-24(12-19(27)25(17)18(20)13-26)21(28)16-10-22-8-9-23-16/h2-10,17-18,20,26H,11-13H2,1H3/b3-2+/t17-,18-,20+/m1/s1. The third-order valence-electron chi connectivity index (χ3n) is 5.50. The van der Waals surface area contributed by atoms with E-state index in [-0.39, 0.29) is 48.7 Å². The number of rotatable bonds is 4. The number of carbonyl (C=O) groups excluding carboxylic acids is 2. The van der Waals surface area contributed by atoms with Gasteiger partial charge in [-0.25, -0.2) is 4.98 Å². The van der Waals surface area contributed by atoms with Crippen LogP contribution in [0.4, 0.5) is 0 Å². The normalized spacial score (nSPS) is 24.2. The molecule has 2 fully saturated rings. The molecule has 0 spiro atoms. The second kappa shape index (κ2) is 7.52. The predicted molar refractivity (Wildman–Crippen MR) is 103 cm³/mol. The Morgan fingerprint density at radius 2 is 2.07 bits per heavy atom. The van der Waals surface area contributed by atoms with Crippen molar-refractivity contribution in [3.05, 3.63) is 65.8 Å². The molecule has 2 aromatic rings. The Kier molecular flexibility index (Phi) is 4.92. The molecule has 1 aromatic carbocycles. The number of benzene rings is 1. The summed E-state index contributed by atoms with van der Waals surface area (Å²) >= 11 is 0. The molecule has 0 radical (unpaired) electrons. The monoisotopic (exact) mass is 378 g/mol. The molecule has 0 bridgehead atoms. The van der Waals surface area contributed by atoms with E-state index in [0.29, 0.717) is 6.54 Å². The molecule has 144 valence electrons. The Morgan fingerprint density at radius 3 is 2.71 bits per heavy atom. The Morgan fingerprint density at radius 1 is 1.29 bits per heavy atom. The van der Waals surface area contributed by atoms with E-state index < -0.39 is 0 Å². The highest BCUT2D eigenvalue weighted by Gasteiger charge is 2.54. The van der Waals surface area contributed by atoms with Gasteiger partial charge in [-0.05, 0) is 18.1 Å². The van der Waals surface area contributed by atoms with E-state index in [1.54, 1.807) is 4.90 Å². The number of allylic oxidation sites excluding steroid dienone is 1. The van der Waals surface area contributed by atoms with Crippen LogP contribution >= 0.6 is 0 Å². The van der Waals surface area contributed by atoms with Crippen LogP contribution in [0.5, 0.6) is 0 Å². The van der Waals surface area contributed by atoms with Crippen molar-refractivity contribution >= 4 is 17.9 Å². The van der Waals surface area contributed by atoms with Gasteiger partial charge in [0.1, 0.15) is 12.2 Å². The van der Waals surface area contributed by atoms with E-state index in [1.807, 2.05) is 43.3 Å². The first-order valence-corrected chi connectivity index (χ1v) is 9.34. The number of hydrogen-bond donors (Lipinski definition) is 1. The van der Waals surface area contributed by atoms with Gasteiger partial charge in [0.25, 0.3) is 5.91 Å². The van der Waals surface area contributed by atoms with Gasteiger partial charge in [-0.3, -0.25) is 14.6 Å².